The number of benzene rings is 3. The zero-order valence-electron chi connectivity index (χ0n) is 19.1. The number of ether oxygens (including phenoxy) is 2. The van der Waals surface area contributed by atoms with Crippen LogP contribution in [0.25, 0.3) is 6.08 Å². The average molecular weight is 598 g/mol. The van der Waals surface area contributed by atoms with Crippen LogP contribution in [0.3, 0.4) is 0 Å². The Hall–Kier alpha value is -3.55. The number of carbonyl (C=O) groups is 1. The van der Waals surface area contributed by atoms with Crippen LogP contribution in [0.4, 0.5) is 23.2 Å². The minimum atomic E-state index is -4.64. The van der Waals surface area contributed by atoms with Crippen molar-refractivity contribution in [2.45, 2.75) is 19.7 Å². The molecule has 0 fully saturated rings. The standard InChI is InChI=1S/C26H18BrClF4N2O3/c1-2-36-23-11-15(10-19(27)24(23)37-14-16-5-3-4-6-21(16)29)9-17(13-33)25(35)34-22-12-18(26(30,31)32)7-8-20(22)28/h3-12H,2,14H2,1H3,(H,34,35)/b17-9+. The molecule has 11 heteroatoms. The molecule has 0 spiro atoms. The number of rotatable bonds is 8. The van der Waals surface area contributed by atoms with Gasteiger partial charge in [-0.15, -0.1) is 0 Å². The third-order valence-corrected chi connectivity index (χ3v) is 5.80. The monoisotopic (exact) mass is 596 g/mol. The number of nitrogens with one attached hydrogen (secondary N) is 1. The molecule has 0 bridgehead atoms. The van der Waals surface area contributed by atoms with Crippen LogP contribution < -0.4 is 14.8 Å². The van der Waals surface area contributed by atoms with Gasteiger partial charge in [-0.2, -0.15) is 18.4 Å². The van der Waals surface area contributed by atoms with Gasteiger partial charge >= 0.3 is 6.18 Å². The summed E-state index contributed by atoms with van der Waals surface area (Å²) in [5.74, 6) is -0.849. The summed E-state index contributed by atoms with van der Waals surface area (Å²) in [7, 11) is 0. The maximum atomic E-state index is 14.0. The van der Waals surface area contributed by atoms with Gasteiger partial charge in [-0.25, -0.2) is 4.39 Å². The number of nitrogens with zero attached hydrogens (tertiary/aromatic N) is 1. The summed E-state index contributed by atoms with van der Waals surface area (Å²) in [6, 6.07) is 13.4. The Labute approximate surface area is 223 Å². The van der Waals surface area contributed by atoms with Gasteiger partial charge < -0.3 is 14.8 Å². The predicted molar refractivity (Wildman–Crippen MR) is 135 cm³/mol. The van der Waals surface area contributed by atoms with Crippen LogP contribution in [0.5, 0.6) is 11.5 Å². The van der Waals surface area contributed by atoms with Crippen LogP contribution in [0.1, 0.15) is 23.6 Å². The zero-order valence-corrected chi connectivity index (χ0v) is 21.5. The number of carbonyl (C=O) groups excluding carboxylic acids is 1. The zero-order chi connectivity index (χ0) is 27.2. The summed E-state index contributed by atoms with van der Waals surface area (Å²) < 4.78 is 64.8. The van der Waals surface area contributed by atoms with Crippen LogP contribution in [-0.2, 0) is 17.6 Å². The van der Waals surface area contributed by atoms with Gasteiger partial charge in [-0.3, -0.25) is 4.79 Å². The Kier molecular flexibility index (Phi) is 9.18. The molecule has 3 aromatic carbocycles. The topological polar surface area (TPSA) is 71.3 Å². The molecular formula is C26H18BrClF4N2O3. The lowest BCUT2D eigenvalue weighted by atomic mass is 10.1. The molecule has 3 rings (SSSR count). The van der Waals surface area contributed by atoms with Crippen LogP contribution in [0.15, 0.2) is 64.6 Å². The molecule has 1 N–H and O–H groups in total. The summed E-state index contributed by atoms with van der Waals surface area (Å²) in [5, 5.41) is 11.6. The van der Waals surface area contributed by atoms with E-state index in [1.807, 2.05) is 0 Å². The van der Waals surface area contributed by atoms with Crippen molar-refractivity contribution in [1.82, 2.24) is 0 Å². The first kappa shape index (κ1) is 28.0. The van der Waals surface area contributed by atoms with Crippen molar-refractivity contribution in [1.29, 1.82) is 5.26 Å². The van der Waals surface area contributed by atoms with E-state index < -0.39 is 29.0 Å². The number of anilines is 1. The van der Waals surface area contributed by atoms with Gasteiger partial charge in [-0.05, 0) is 70.9 Å². The molecule has 0 heterocycles. The van der Waals surface area contributed by atoms with Gasteiger partial charge in [-0.1, -0.05) is 29.8 Å². The summed E-state index contributed by atoms with van der Waals surface area (Å²) >= 11 is 9.29. The largest absolute Gasteiger partial charge is 0.490 e. The second-order valence-corrected chi connectivity index (χ2v) is 8.72. The fourth-order valence-corrected chi connectivity index (χ4v) is 3.88. The number of halogens is 6. The van der Waals surface area contributed by atoms with Gasteiger partial charge in [0.25, 0.3) is 5.91 Å². The summed E-state index contributed by atoms with van der Waals surface area (Å²) in [6.45, 7) is 1.92. The maximum Gasteiger partial charge on any atom is 0.416 e. The average Bonchev–Trinajstić information content (AvgIpc) is 2.83. The van der Waals surface area contributed by atoms with Crippen LogP contribution >= 0.6 is 27.5 Å². The minimum absolute atomic E-state index is 0.0792. The number of alkyl halides is 3. The molecule has 3 aromatic rings. The van der Waals surface area contributed by atoms with Gasteiger partial charge in [0, 0.05) is 5.56 Å². The number of nitriles is 1. The Morgan fingerprint density at radius 2 is 1.89 bits per heavy atom. The van der Waals surface area contributed by atoms with E-state index in [9.17, 15) is 27.6 Å². The molecule has 1 amide bonds. The smallest absolute Gasteiger partial charge is 0.416 e. The molecule has 0 atom stereocenters. The van der Waals surface area contributed by atoms with E-state index in [-0.39, 0.29) is 35.4 Å². The second-order valence-electron chi connectivity index (χ2n) is 7.46. The highest BCUT2D eigenvalue weighted by Gasteiger charge is 2.31. The molecule has 0 radical (unpaired) electrons. The first-order valence-electron chi connectivity index (χ1n) is 10.7. The van der Waals surface area contributed by atoms with E-state index in [4.69, 9.17) is 21.1 Å². The molecule has 0 aliphatic carbocycles. The quantitative estimate of drug-likeness (QED) is 0.164. The van der Waals surface area contributed by atoms with Crippen LogP contribution in [-0.4, -0.2) is 12.5 Å². The summed E-state index contributed by atoms with van der Waals surface area (Å²) in [4.78, 5) is 12.7. The minimum Gasteiger partial charge on any atom is -0.490 e. The van der Waals surface area contributed by atoms with E-state index in [1.165, 1.54) is 18.2 Å². The molecule has 0 aliphatic heterocycles. The van der Waals surface area contributed by atoms with Crippen LogP contribution in [0, 0.1) is 17.1 Å². The molecule has 0 aromatic heterocycles. The fraction of sp³-hybridized carbons (Fsp3) is 0.154. The normalized spacial score (nSPS) is 11.6. The van der Waals surface area contributed by atoms with Crippen molar-refractivity contribution in [2.75, 3.05) is 11.9 Å². The van der Waals surface area contributed by atoms with E-state index in [0.29, 0.717) is 21.7 Å². The van der Waals surface area contributed by atoms with Crippen molar-refractivity contribution >= 4 is 45.2 Å². The lowest BCUT2D eigenvalue weighted by Crippen LogP contribution is -2.15. The first-order valence-corrected chi connectivity index (χ1v) is 11.8. The molecular weight excluding hydrogens is 580 g/mol. The molecule has 192 valence electrons. The van der Waals surface area contributed by atoms with E-state index >= 15 is 0 Å². The lowest BCUT2D eigenvalue weighted by molar-refractivity contribution is -0.137. The van der Waals surface area contributed by atoms with E-state index in [0.717, 1.165) is 12.1 Å². The van der Waals surface area contributed by atoms with Crippen molar-refractivity contribution in [3.8, 4) is 17.6 Å². The third kappa shape index (κ3) is 7.24. The second kappa shape index (κ2) is 12.1. The molecule has 0 unspecified atom stereocenters. The fourth-order valence-electron chi connectivity index (χ4n) is 3.14. The first-order chi connectivity index (χ1) is 17.5. The van der Waals surface area contributed by atoms with Crippen LogP contribution in [0.2, 0.25) is 5.02 Å². The molecule has 0 saturated carbocycles. The van der Waals surface area contributed by atoms with Gasteiger partial charge in [0.1, 0.15) is 24.1 Å². The predicted octanol–water partition coefficient (Wildman–Crippen LogP) is 7.78. The highest BCUT2D eigenvalue weighted by Crippen LogP contribution is 2.38. The number of hydrogen-bond acceptors (Lipinski definition) is 4. The Morgan fingerprint density at radius 1 is 1.16 bits per heavy atom. The van der Waals surface area contributed by atoms with Crippen molar-refractivity contribution in [2.24, 2.45) is 0 Å². The van der Waals surface area contributed by atoms with Gasteiger partial charge in [0.2, 0.25) is 0 Å². The van der Waals surface area contributed by atoms with Crippen molar-refractivity contribution in [3.05, 3.63) is 92.2 Å². The maximum absolute atomic E-state index is 14.0. The number of amides is 1. The lowest BCUT2D eigenvalue weighted by Gasteiger charge is -2.15. The summed E-state index contributed by atoms with van der Waals surface area (Å²) in [6.07, 6.45) is -3.42. The Bertz CT molecular complexity index is 1390. The molecule has 0 aliphatic rings. The van der Waals surface area contributed by atoms with Crippen molar-refractivity contribution in [3.63, 3.8) is 0 Å². The van der Waals surface area contributed by atoms with E-state index in [1.54, 1.807) is 37.3 Å². The van der Waals surface area contributed by atoms with Gasteiger partial charge in [0.05, 0.1) is 27.4 Å². The highest BCUT2D eigenvalue weighted by atomic mass is 79.9. The number of hydrogen-bond donors (Lipinski definition) is 1. The molecule has 5 nitrogen and oxygen atoms in total. The summed E-state index contributed by atoms with van der Waals surface area (Å²) in [5.41, 5.74) is -1.02. The molecule has 0 saturated heterocycles. The SMILES string of the molecule is CCOc1cc(/C=C(\C#N)C(=O)Nc2cc(C(F)(F)F)ccc2Cl)cc(Br)c1OCc1ccccc1F. The Balaban J connectivity index is 1.88. The third-order valence-electron chi connectivity index (χ3n) is 4.88. The highest BCUT2D eigenvalue weighted by molar-refractivity contribution is 9.10. The molecule has 37 heavy (non-hydrogen) atoms. The Morgan fingerprint density at radius 3 is 2.54 bits per heavy atom. The van der Waals surface area contributed by atoms with Crippen molar-refractivity contribution < 1.29 is 31.8 Å². The van der Waals surface area contributed by atoms with E-state index in [2.05, 4.69) is 21.2 Å². The van der Waals surface area contributed by atoms with Gasteiger partial charge in [0.15, 0.2) is 11.5 Å².